The molecule has 2 aliphatic carbocycles. The first-order valence-electron chi connectivity index (χ1n) is 14.1. The minimum Gasteiger partial charge on any atom is -0.377 e. The van der Waals surface area contributed by atoms with Crippen LogP contribution < -0.4 is 0 Å². The van der Waals surface area contributed by atoms with Gasteiger partial charge in [0, 0.05) is 5.92 Å². The standard InChI is InChI=1S/C29H35F9O3/c1-2-3-17-4-13-25(39-16-17)19-5-9-21(10-6-19)27(32,33)40-22-11-7-18(8-12-22)20-14-23(30)26(24(31)15-20)28(34,35)41-29(36,37)38/h2-3,14-15,17-19,21-22,25H,4-13,16H2,1H3/b3-2+. The van der Waals surface area contributed by atoms with Gasteiger partial charge in [-0.3, -0.25) is 0 Å². The van der Waals surface area contributed by atoms with Gasteiger partial charge in [0.1, 0.15) is 17.2 Å². The topological polar surface area (TPSA) is 27.7 Å². The average molecular weight is 603 g/mol. The Labute approximate surface area is 233 Å². The molecule has 2 saturated carbocycles. The zero-order valence-corrected chi connectivity index (χ0v) is 22.7. The van der Waals surface area contributed by atoms with Crippen LogP contribution in [0.25, 0.3) is 0 Å². The Morgan fingerprint density at radius 1 is 0.805 bits per heavy atom. The van der Waals surface area contributed by atoms with Crippen LogP contribution in [-0.2, 0) is 20.3 Å². The molecule has 1 aromatic carbocycles. The molecule has 0 spiro atoms. The molecule has 1 aromatic rings. The van der Waals surface area contributed by atoms with Crippen LogP contribution in [0.5, 0.6) is 0 Å². The van der Waals surface area contributed by atoms with Gasteiger partial charge in [-0.2, -0.15) is 17.6 Å². The zero-order valence-electron chi connectivity index (χ0n) is 22.7. The van der Waals surface area contributed by atoms with E-state index in [1.807, 2.05) is 13.0 Å². The van der Waals surface area contributed by atoms with Crippen LogP contribution in [0.4, 0.5) is 39.5 Å². The third-order valence-corrected chi connectivity index (χ3v) is 8.65. The molecule has 12 heteroatoms. The smallest absolute Gasteiger partial charge is 0.377 e. The SMILES string of the molecule is C/C=C/C1CCC(C2CCC(C(F)(F)OC3CCC(c4cc(F)c(C(F)(F)OC(F)(F)F)c(F)c4)CC3)CC2)OC1. The summed E-state index contributed by atoms with van der Waals surface area (Å²) in [6, 6.07) is 1.09. The van der Waals surface area contributed by atoms with E-state index in [1.165, 1.54) is 0 Å². The Bertz CT molecular complexity index is 1010. The minimum atomic E-state index is -5.82. The third kappa shape index (κ3) is 8.19. The maximum atomic E-state index is 15.1. The molecule has 1 aliphatic heterocycles. The zero-order chi connectivity index (χ0) is 30.0. The van der Waals surface area contributed by atoms with Gasteiger partial charge in [0.25, 0.3) is 0 Å². The minimum absolute atomic E-state index is 0.0444. The Kier molecular flexibility index (Phi) is 10.1. The molecule has 3 nitrogen and oxygen atoms in total. The number of hydrogen-bond acceptors (Lipinski definition) is 3. The Balaban J connectivity index is 1.27. The van der Waals surface area contributed by atoms with E-state index in [0.717, 1.165) is 12.8 Å². The molecule has 0 N–H and O–H groups in total. The van der Waals surface area contributed by atoms with Crippen molar-refractivity contribution in [2.75, 3.05) is 6.61 Å². The highest BCUT2D eigenvalue weighted by atomic mass is 19.4. The maximum Gasteiger partial charge on any atom is 0.527 e. The second-order valence-corrected chi connectivity index (χ2v) is 11.4. The summed E-state index contributed by atoms with van der Waals surface area (Å²) < 4.78 is 137. The van der Waals surface area contributed by atoms with Gasteiger partial charge in [-0.1, -0.05) is 12.2 Å². The lowest BCUT2D eigenvalue weighted by Crippen LogP contribution is -2.41. The van der Waals surface area contributed by atoms with Crippen molar-refractivity contribution in [3.63, 3.8) is 0 Å². The van der Waals surface area contributed by atoms with E-state index >= 15 is 8.78 Å². The van der Waals surface area contributed by atoms with Gasteiger partial charge in [-0.05, 0) is 101 Å². The van der Waals surface area contributed by atoms with Crippen molar-refractivity contribution in [2.24, 2.45) is 17.8 Å². The fourth-order valence-electron chi connectivity index (χ4n) is 6.55. The molecule has 3 fully saturated rings. The predicted octanol–water partition coefficient (Wildman–Crippen LogP) is 9.36. The fourth-order valence-corrected chi connectivity index (χ4v) is 6.55. The molecule has 2 atom stereocenters. The third-order valence-electron chi connectivity index (χ3n) is 8.65. The van der Waals surface area contributed by atoms with Crippen LogP contribution >= 0.6 is 0 Å². The van der Waals surface area contributed by atoms with Gasteiger partial charge >= 0.3 is 18.6 Å². The van der Waals surface area contributed by atoms with Crippen molar-refractivity contribution < 1.29 is 53.7 Å². The Hall–Kier alpha value is -1.79. The lowest BCUT2D eigenvalue weighted by Gasteiger charge is -2.40. The van der Waals surface area contributed by atoms with Crippen molar-refractivity contribution >= 4 is 0 Å². The van der Waals surface area contributed by atoms with Crippen LogP contribution in [0.3, 0.4) is 0 Å². The van der Waals surface area contributed by atoms with E-state index in [9.17, 15) is 30.7 Å². The van der Waals surface area contributed by atoms with Crippen LogP contribution in [0.2, 0.25) is 0 Å². The van der Waals surface area contributed by atoms with Gasteiger partial charge in [0.15, 0.2) is 0 Å². The molecule has 0 amide bonds. The molecule has 232 valence electrons. The summed E-state index contributed by atoms with van der Waals surface area (Å²) in [5, 5.41) is 0. The van der Waals surface area contributed by atoms with Crippen LogP contribution in [-0.4, -0.2) is 31.3 Å². The summed E-state index contributed by atoms with van der Waals surface area (Å²) >= 11 is 0. The quantitative estimate of drug-likeness (QED) is 0.219. The summed E-state index contributed by atoms with van der Waals surface area (Å²) in [5.74, 6) is -4.60. The number of alkyl halides is 7. The second kappa shape index (κ2) is 12.8. The van der Waals surface area contributed by atoms with Gasteiger partial charge in [0.2, 0.25) is 0 Å². The van der Waals surface area contributed by atoms with Crippen molar-refractivity contribution in [3.8, 4) is 0 Å². The average Bonchev–Trinajstić information content (AvgIpc) is 2.87. The number of ether oxygens (including phenoxy) is 3. The van der Waals surface area contributed by atoms with Gasteiger partial charge in [-0.15, -0.1) is 13.2 Å². The van der Waals surface area contributed by atoms with Gasteiger partial charge in [-0.25, -0.2) is 13.5 Å². The summed E-state index contributed by atoms with van der Waals surface area (Å²) in [6.45, 7) is 2.62. The van der Waals surface area contributed by atoms with E-state index < -0.39 is 53.7 Å². The monoisotopic (exact) mass is 602 g/mol. The molecule has 1 saturated heterocycles. The van der Waals surface area contributed by atoms with Crippen LogP contribution in [0, 0.1) is 29.4 Å². The van der Waals surface area contributed by atoms with E-state index in [2.05, 4.69) is 10.8 Å². The van der Waals surface area contributed by atoms with Crippen LogP contribution in [0.15, 0.2) is 24.3 Å². The van der Waals surface area contributed by atoms with Crippen LogP contribution in [0.1, 0.15) is 88.2 Å². The lowest BCUT2D eigenvalue weighted by atomic mass is 9.76. The predicted molar refractivity (Wildman–Crippen MR) is 131 cm³/mol. The highest BCUT2D eigenvalue weighted by molar-refractivity contribution is 5.31. The molecule has 4 rings (SSSR count). The van der Waals surface area contributed by atoms with E-state index in [1.54, 1.807) is 0 Å². The molecule has 0 radical (unpaired) electrons. The van der Waals surface area contributed by atoms with Crippen molar-refractivity contribution in [1.82, 2.24) is 0 Å². The number of rotatable bonds is 8. The summed E-state index contributed by atoms with van der Waals surface area (Å²) in [6.07, 6.45) is -6.45. The number of benzene rings is 1. The normalized spacial score (nSPS) is 30.6. The van der Waals surface area contributed by atoms with Crippen molar-refractivity contribution in [1.29, 1.82) is 0 Å². The first-order chi connectivity index (χ1) is 19.2. The van der Waals surface area contributed by atoms with Crippen molar-refractivity contribution in [2.45, 2.75) is 108 Å². The highest BCUT2D eigenvalue weighted by Gasteiger charge is 2.50. The second-order valence-electron chi connectivity index (χ2n) is 11.4. The molecular weight excluding hydrogens is 567 g/mol. The molecule has 2 unspecified atom stereocenters. The van der Waals surface area contributed by atoms with E-state index in [4.69, 9.17) is 9.47 Å². The van der Waals surface area contributed by atoms with Gasteiger partial charge < -0.3 is 9.47 Å². The summed E-state index contributed by atoms with van der Waals surface area (Å²) in [7, 11) is 0. The largest absolute Gasteiger partial charge is 0.527 e. The molecular formula is C29H35F9O3. The maximum absolute atomic E-state index is 15.1. The Morgan fingerprint density at radius 2 is 1.41 bits per heavy atom. The number of halogens is 9. The summed E-state index contributed by atoms with van der Waals surface area (Å²) in [5.41, 5.74) is -2.19. The van der Waals surface area contributed by atoms with E-state index in [0.29, 0.717) is 50.3 Å². The molecule has 41 heavy (non-hydrogen) atoms. The highest BCUT2D eigenvalue weighted by Crippen LogP contribution is 2.46. The summed E-state index contributed by atoms with van der Waals surface area (Å²) in [4.78, 5) is 0. The molecule has 3 aliphatic rings. The number of hydrogen-bond donors (Lipinski definition) is 0. The Morgan fingerprint density at radius 3 is 1.93 bits per heavy atom. The first kappa shape index (κ1) is 32.1. The first-order valence-corrected chi connectivity index (χ1v) is 14.1. The molecule has 1 heterocycles. The lowest BCUT2D eigenvalue weighted by molar-refractivity contribution is -0.432. The van der Waals surface area contributed by atoms with Gasteiger partial charge in [0.05, 0.1) is 24.7 Å². The molecule has 0 aromatic heterocycles. The van der Waals surface area contributed by atoms with Crippen molar-refractivity contribution in [3.05, 3.63) is 47.0 Å². The fraction of sp³-hybridized carbons (Fsp3) is 0.724. The van der Waals surface area contributed by atoms with E-state index in [-0.39, 0.29) is 43.3 Å². The number of allylic oxidation sites excluding steroid dienone is 1. The molecule has 0 bridgehead atoms.